The molecule has 0 radical (unpaired) electrons. The van der Waals surface area contributed by atoms with Crippen molar-refractivity contribution >= 4 is 17.6 Å². The Hall–Kier alpha value is -2.29. The monoisotopic (exact) mass is 411 g/mol. The topological polar surface area (TPSA) is 68.8 Å². The van der Waals surface area contributed by atoms with Gasteiger partial charge >= 0.3 is 6.18 Å². The second kappa shape index (κ2) is 9.47. The molecule has 1 saturated heterocycles. The van der Waals surface area contributed by atoms with Crippen molar-refractivity contribution < 1.29 is 18.0 Å². The number of rotatable bonds is 6. The fraction of sp³-hybridized carbons (Fsp3) is 0.600. The lowest BCUT2D eigenvalue weighted by Gasteiger charge is -2.26. The number of fused-ring (bicyclic) bond motifs is 1. The number of nitrogens with zero attached hydrogens (tertiary/aromatic N) is 2. The molecule has 0 aromatic heterocycles. The normalized spacial score (nSPS) is 22.9. The maximum atomic E-state index is 12.5. The lowest BCUT2D eigenvalue weighted by molar-refractivity contribution is -0.143. The Kier molecular flexibility index (Phi) is 7.00. The van der Waals surface area contributed by atoms with Gasteiger partial charge in [-0.3, -0.25) is 14.7 Å². The van der Waals surface area contributed by atoms with Crippen molar-refractivity contribution in [1.82, 2.24) is 15.5 Å². The minimum atomic E-state index is -4.16. The van der Waals surface area contributed by atoms with E-state index < -0.39 is 12.7 Å². The Morgan fingerprint density at radius 3 is 2.86 bits per heavy atom. The van der Waals surface area contributed by atoms with Crippen molar-refractivity contribution in [3.8, 4) is 0 Å². The highest BCUT2D eigenvalue weighted by atomic mass is 19.4. The molecule has 1 aromatic carbocycles. The number of amides is 1. The number of halogens is 3. The Bertz CT molecular complexity index is 737. The highest BCUT2D eigenvalue weighted by Gasteiger charge is 2.34. The third kappa shape index (κ3) is 6.35. The van der Waals surface area contributed by atoms with E-state index in [9.17, 15) is 18.0 Å². The van der Waals surface area contributed by atoms with Gasteiger partial charge in [-0.1, -0.05) is 18.2 Å². The number of likely N-dealkylation sites (tertiary alicyclic amines) is 1. The molecule has 0 spiro atoms. The Morgan fingerprint density at radius 2 is 2.10 bits per heavy atom. The van der Waals surface area contributed by atoms with Gasteiger partial charge in [0.05, 0.1) is 6.54 Å². The van der Waals surface area contributed by atoms with E-state index in [4.69, 9.17) is 0 Å². The van der Waals surface area contributed by atoms with Gasteiger partial charge in [0.15, 0.2) is 5.96 Å². The van der Waals surface area contributed by atoms with E-state index in [1.54, 1.807) is 0 Å². The molecule has 6 nitrogen and oxygen atoms in total. The van der Waals surface area contributed by atoms with Crippen LogP contribution in [0.3, 0.4) is 0 Å². The number of carbonyl (C=O) groups is 1. The summed E-state index contributed by atoms with van der Waals surface area (Å²) in [4.78, 5) is 18.0. The average Bonchev–Trinajstić information content (AvgIpc) is 3.09. The smallest absolute Gasteiger partial charge is 0.357 e. The number of para-hydroxylation sites is 1. The Balaban J connectivity index is 1.55. The summed E-state index contributed by atoms with van der Waals surface area (Å²) >= 11 is 0. The van der Waals surface area contributed by atoms with E-state index in [1.165, 1.54) is 4.90 Å². The van der Waals surface area contributed by atoms with E-state index in [2.05, 4.69) is 20.9 Å². The van der Waals surface area contributed by atoms with E-state index in [0.29, 0.717) is 45.1 Å². The highest BCUT2D eigenvalue weighted by Crippen LogP contribution is 2.31. The number of hydrogen-bond donors (Lipinski definition) is 3. The lowest BCUT2D eigenvalue weighted by atomic mass is 9.90. The molecule has 3 N–H and O–H groups in total. The predicted octanol–water partition coefficient (Wildman–Crippen LogP) is 2.55. The molecule has 2 aliphatic heterocycles. The summed E-state index contributed by atoms with van der Waals surface area (Å²) < 4.78 is 37.6. The van der Waals surface area contributed by atoms with Gasteiger partial charge in [0.25, 0.3) is 0 Å². The van der Waals surface area contributed by atoms with Gasteiger partial charge in [0, 0.05) is 44.2 Å². The van der Waals surface area contributed by atoms with Crippen LogP contribution in [-0.4, -0.2) is 62.2 Å². The van der Waals surface area contributed by atoms with Crippen LogP contribution in [0.15, 0.2) is 29.3 Å². The van der Waals surface area contributed by atoms with E-state index in [-0.39, 0.29) is 17.7 Å². The van der Waals surface area contributed by atoms with Gasteiger partial charge < -0.3 is 16.0 Å². The molecule has 0 aliphatic carbocycles. The quantitative estimate of drug-likeness (QED) is 0.497. The number of hydrogen-bond acceptors (Lipinski definition) is 3. The number of nitrogens with one attached hydrogen (secondary N) is 3. The highest BCUT2D eigenvalue weighted by molar-refractivity contribution is 5.94. The number of alkyl halides is 3. The van der Waals surface area contributed by atoms with Crippen molar-refractivity contribution in [1.29, 1.82) is 0 Å². The van der Waals surface area contributed by atoms with E-state index in [1.807, 2.05) is 31.2 Å². The zero-order valence-electron chi connectivity index (χ0n) is 16.6. The summed E-state index contributed by atoms with van der Waals surface area (Å²) in [6.45, 7) is 3.69. The van der Waals surface area contributed by atoms with Crippen LogP contribution in [0.4, 0.5) is 18.9 Å². The maximum absolute atomic E-state index is 12.5. The Morgan fingerprint density at radius 1 is 1.31 bits per heavy atom. The van der Waals surface area contributed by atoms with Gasteiger partial charge in [-0.25, -0.2) is 0 Å². The Labute approximate surface area is 168 Å². The zero-order valence-corrected chi connectivity index (χ0v) is 16.6. The molecule has 160 valence electrons. The van der Waals surface area contributed by atoms with Crippen molar-refractivity contribution in [3.63, 3.8) is 0 Å². The second-order valence-electron chi connectivity index (χ2n) is 7.64. The largest absolute Gasteiger partial charge is 0.401 e. The van der Waals surface area contributed by atoms with Crippen LogP contribution in [0.1, 0.15) is 31.2 Å². The first-order chi connectivity index (χ1) is 13.8. The van der Waals surface area contributed by atoms with Crippen LogP contribution in [0.2, 0.25) is 0 Å². The van der Waals surface area contributed by atoms with Gasteiger partial charge in [-0.15, -0.1) is 0 Å². The number of aliphatic imine (C=N–C) groups is 1. The predicted molar refractivity (Wildman–Crippen MR) is 107 cm³/mol. The third-order valence-corrected chi connectivity index (χ3v) is 5.25. The van der Waals surface area contributed by atoms with Crippen molar-refractivity contribution in [2.45, 2.75) is 31.9 Å². The second-order valence-corrected chi connectivity index (χ2v) is 7.64. The maximum Gasteiger partial charge on any atom is 0.401 e. The molecule has 0 bridgehead atoms. The number of anilines is 1. The molecule has 2 heterocycles. The molecule has 1 fully saturated rings. The molecular weight excluding hydrogens is 383 g/mol. The van der Waals surface area contributed by atoms with Crippen molar-refractivity contribution in [3.05, 3.63) is 29.8 Å². The van der Waals surface area contributed by atoms with Crippen LogP contribution >= 0.6 is 0 Å². The van der Waals surface area contributed by atoms with Gasteiger partial charge in [-0.05, 0) is 37.4 Å². The standard InChI is InChI=1S/C20H28F3N5O/c1-2-24-19(25-10-14-7-8-28(12-14)13-20(21,22)23)26-11-15-9-18(29)27-17-6-4-3-5-16(15)17/h3-6,14-15H,2,7-13H2,1H3,(H,27,29)(H2,24,25,26). The molecule has 2 atom stereocenters. The summed E-state index contributed by atoms with van der Waals surface area (Å²) in [5.41, 5.74) is 1.93. The molecule has 2 unspecified atom stereocenters. The minimum absolute atomic E-state index is 0.00634. The summed E-state index contributed by atoms with van der Waals surface area (Å²) in [5.74, 6) is 0.782. The molecular formula is C20H28F3N5O. The van der Waals surface area contributed by atoms with E-state index in [0.717, 1.165) is 17.7 Å². The van der Waals surface area contributed by atoms with Crippen LogP contribution in [0, 0.1) is 5.92 Å². The van der Waals surface area contributed by atoms with Gasteiger partial charge in [0.1, 0.15) is 0 Å². The first kappa shape index (κ1) is 21.4. The van der Waals surface area contributed by atoms with Crippen molar-refractivity contribution in [2.75, 3.05) is 44.6 Å². The molecule has 29 heavy (non-hydrogen) atoms. The first-order valence-corrected chi connectivity index (χ1v) is 10.0. The molecule has 2 aliphatic rings. The molecule has 3 rings (SSSR count). The average molecular weight is 411 g/mol. The number of carbonyl (C=O) groups excluding carboxylic acids is 1. The fourth-order valence-corrected chi connectivity index (χ4v) is 3.93. The van der Waals surface area contributed by atoms with Crippen LogP contribution in [-0.2, 0) is 4.79 Å². The van der Waals surface area contributed by atoms with E-state index >= 15 is 0 Å². The SMILES string of the molecule is CCNC(=NCC1CCN(CC(F)(F)F)C1)NCC1CC(=O)Nc2ccccc21. The molecule has 0 saturated carbocycles. The number of benzene rings is 1. The number of guanidine groups is 1. The summed E-state index contributed by atoms with van der Waals surface area (Å²) in [5, 5.41) is 9.35. The van der Waals surface area contributed by atoms with Gasteiger partial charge in [-0.2, -0.15) is 13.2 Å². The van der Waals surface area contributed by atoms with Crippen LogP contribution in [0.25, 0.3) is 0 Å². The zero-order chi connectivity index (χ0) is 20.9. The minimum Gasteiger partial charge on any atom is -0.357 e. The summed E-state index contributed by atoms with van der Waals surface area (Å²) in [6, 6.07) is 7.75. The van der Waals surface area contributed by atoms with Crippen LogP contribution < -0.4 is 16.0 Å². The van der Waals surface area contributed by atoms with Gasteiger partial charge in [0.2, 0.25) is 5.91 Å². The van der Waals surface area contributed by atoms with Crippen LogP contribution in [0.5, 0.6) is 0 Å². The molecule has 1 amide bonds. The molecule has 1 aromatic rings. The summed E-state index contributed by atoms with van der Waals surface area (Å²) in [7, 11) is 0. The molecule has 9 heteroatoms. The fourth-order valence-electron chi connectivity index (χ4n) is 3.93. The summed E-state index contributed by atoms with van der Waals surface area (Å²) in [6.07, 6.45) is -3.04. The first-order valence-electron chi connectivity index (χ1n) is 10.0. The van der Waals surface area contributed by atoms with Crippen molar-refractivity contribution in [2.24, 2.45) is 10.9 Å². The lowest BCUT2D eigenvalue weighted by Crippen LogP contribution is -2.41. The third-order valence-electron chi connectivity index (χ3n) is 5.25.